The predicted octanol–water partition coefficient (Wildman–Crippen LogP) is 5.53. The number of carbonyl (C=O) groups excluding carboxylic acids is 1. The van der Waals surface area contributed by atoms with Crippen molar-refractivity contribution in [2.45, 2.75) is 103 Å². The molecule has 0 bridgehead atoms. The molecule has 0 spiro atoms. The van der Waals surface area contributed by atoms with Crippen molar-refractivity contribution in [3.05, 3.63) is 11.5 Å². The average Bonchev–Trinajstić information content (AvgIpc) is 3.64. The molecule has 1 amide bonds. The number of amides is 1. The first kappa shape index (κ1) is 32.6. The number of fused-ring (bicyclic) bond motifs is 1. The van der Waals surface area contributed by atoms with Gasteiger partial charge in [0.1, 0.15) is 5.60 Å². The standard InChI is InChI=1S/C26H39ClN5O9P/c1-6-38-42(36,39-7-2)23(22(33)34)37-15-17-12-13-19(40-17)32-21-18(14-28-32)20(29-24(27)30-21)31(16-10-8-9-11-16)25(35)41-26(3,4)5/h14,16-17,19,23H,6-13,15H2,1-5H3,(H,33,34). The molecule has 2 aromatic rings. The zero-order chi connectivity index (χ0) is 30.7. The van der Waals surface area contributed by atoms with Gasteiger partial charge in [0.15, 0.2) is 17.7 Å². The Hall–Kier alpha value is -2.35. The second-order valence-electron chi connectivity index (χ2n) is 11.1. The first-order valence-electron chi connectivity index (χ1n) is 14.2. The van der Waals surface area contributed by atoms with E-state index in [1.807, 2.05) is 0 Å². The first-order valence-corrected chi connectivity index (χ1v) is 16.2. The van der Waals surface area contributed by atoms with Gasteiger partial charge in [0.05, 0.1) is 37.5 Å². The van der Waals surface area contributed by atoms with Gasteiger partial charge in [0.25, 0.3) is 5.85 Å². The second kappa shape index (κ2) is 13.5. The van der Waals surface area contributed by atoms with E-state index < -0.39 is 43.4 Å². The molecule has 4 rings (SSSR count). The minimum Gasteiger partial charge on any atom is -0.479 e. The predicted molar refractivity (Wildman–Crippen MR) is 153 cm³/mol. The molecule has 2 aromatic heterocycles. The molecule has 16 heteroatoms. The number of rotatable bonds is 12. The number of carbonyl (C=O) groups is 2. The van der Waals surface area contributed by atoms with Gasteiger partial charge in [-0.1, -0.05) is 12.8 Å². The summed E-state index contributed by atoms with van der Waals surface area (Å²) in [5.41, 5.74) is -0.328. The molecule has 1 aliphatic carbocycles. The highest BCUT2D eigenvalue weighted by Gasteiger charge is 2.44. The molecule has 1 aliphatic heterocycles. The van der Waals surface area contributed by atoms with Crippen molar-refractivity contribution in [3.63, 3.8) is 0 Å². The van der Waals surface area contributed by atoms with E-state index in [-0.39, 0.29) is 31.1 Å². The summed E-state index contributed by atoms with van der Waals surface area (Å²) in [6.07, 6.45) is 4.54. The Morgan fingerprint density at radius 1 is 1.17 bits per heavy atom. The van der Waals surface area contributed by atoms with Gasteiger partial charge >= 0.3 is 19.7 Å². The van der Waals surface area contributed by atoms with Gasteiger partial charge in [-0.25, -0.2) is 14.3 Å². The van der Waals surface area contributed by atoms with Crippen LogP contribution in [0.15, 0.2) is 6.20 Å². The van der Waals surface area contributed by atoms with Gasteiger partial charge < -0.3 is 28.4 Å². The lowest BCUT2D eigenvalue weighted by atomic mass is 10.2. The molecule has 0 radical (unpaired) electrons. The quantitative estimate of drug-likeness (QED) is 0.230. The summed E-state index contributed by atoms with van der Waals surface area (Å²) in [4.78, 5) is 35.6. The van der Waals surface area contributed by atoms with Crippen LogP contribution in [0.25, 0.3) is 11.0 Å². The maximum atomic E-state index is 13.4. The third kappa shape index (κ3) is 7.40. The third-order valence-electron chi connectivity index (χ3n) is 6.83. The zero-order valence-corrected chi connectivity index (χ0v) is 26.2. The van der Waals surface area contributed by atoms with E-state index in [1.165, 1.54) is 0 Å². The SMILES string of the molecule is CCOP(=O)(OCC)C(OCC1CCC(n2ncc3c(N(C(=O)OC(C)(C)C)C4CCCC4)nc(Cl)nc32)O1)C(=O)O. The second-order valence-corrected chi connectivity index (χ2v) is 13.5. The maximum absolute atomic E-state index is 13.4. The summed E-state index contributed by atoms with van der Waals surface area (Å²) in [6.45, 7) is 8.43. The van der Waals surface area contributed by atoms with E-state index in [4.69, 9.17) is 34.9 Å². The first-order chi connectivity index (χ1) is 19.9. The lowest BCUT2D eigenvalue weighted by Gasteiger charge is -2.31. The largest absolute Gasteiger partial charge is 0.479 e. The highest BCUT2D eigenvalue weighted by atomic mass is 35.5. The fraction of sp³-hybridized carbons (Fsp3) is 0.731. The van der Waals surface area contributed by atoms with Crippen LogP contribution >= 0.6 is 19.2 Å². The lowest BCUT2D eigenvalue weighted by Crippen LogP contribution is -2.43. The molecule has 1 saturated carbocycles. The van der Waals surface area contributed by atoms with Crippen LogP contribution in [-0.4, -0.2) is 80.3 Å². The molecule has 1 N–H and O–H groups in total. The highest BCUT2D eigenvalue weighted by Crippen LogP contribution is 2.53. The Morgan fingerprint density at radius 3 is 2.43 bits per heavy atom. The van der Waals surface area contributed by atoms with Gasteiger partial charge in [-0.15, -0.1) is 0 Å². The number of aliphatic carboxylic acids is 1. The van der Waals surface area contributed by atoms with Crippen molar-refractivity contribution in [2.75, 3.05) is 24.7 Å². The molecular weight excluding hydrogens is 593 g/mol. The monoisotopic (exact) mass is 631 g/mol. The minimum absolute atomic E-state index is 0.00268. The summed E-state index contributed by atoms with van der Waals surface area (Å²) in [5.74, 6) is -2.93. The number of hydrogen-bond donors (Lipinski definition) is 1. The van der Waals surface area contributed by atoms with E-state index in [1.54, 1.807) is 50.4 Å². The maximum Gasteiger partial charge on any atom is 0.416 e. The van der Waals surface area contributed by atoms with Crippen molar-refractivity contribution in [3.8, 4) is 0 Å². The number of hydrogen-bond acceptors (Lipinski definition) is 11. The van der Waals surface area contributed by atoms with Crippen molar-refractivity contribution >= 4 is 48.1 Å². The number of carboxylic acid groups (broad SMARTS) is 1. The van der Waals surface area contributed by atoms with Crippen LogP contribution in [0.3, 0.4) is 0 Å². The molecule has 2 fully saturated rings. The summed E-state index contributed by atoms with van der Waals surface area (Å²) in [7, 11) is -4.06. The Labute approximate surface area is 249 Å². The van der Waals surface area contributed by atoms with Crippen LogP contribution in [-0.2, 0) is 32.6 Å². The van der Waals surface area contributed by atoms with Crippen molar-refractivity contribution < 1.29 is 42.5 Å². The Bertz CT molecular complexity index is 1300. The fourth-order valence-electron chi connectivity index (χ4n) is 5.18. The Morgan fingerprint density at radius 2 is 1.83 bits per heavy atom. The van der Waals surface area contributed by atoms with E-state index in [0.29, 0.717) is 29.7 Å². The lowest BCUT2D eigenvalue weighted by molar-refractivity contribution is -0.148. The van der Waals surface area contributed by atoms with E-state index in [9.17, 15) is 19.3 Å². The van der Waals surface area contributed by atoms with E-state index in [0.717, 1.165) is 25.7 Å². The fourth-order valence-corrected chi connectivity index (χ4v) is 6.94. The Kier molecular flexibility index (Phi) is 10.5. The molecule has 3 atom stereocenters. The van der Waals surface area contributed by atoms with Crippen LogP contribution in [0.2, 0.25) is 5.28 Å². The number of anilines is 1. The molecule has 234 valence electrons. The number of ether oxygens (including phenoxy) is 3. The van der Waals surface area contributed by atoms with Gasteiger partial charge in [-0.2, -0.15) is 15.1 Å². The topological polar surface area (TPSA) is 164 Å². The summed E-state index contributed by atoms with van der Waals surface area (Å²) < 4.78 is 42.3. The van der Waals surface area contributed by atoms with Gasteiger partial charge in [-0.3, -0.25) is 9.46 Å². The summed E-state index contributed by atoms with van der Waals surface area (Å²) in [5, 5.41) is 14.6. The minimum atomic E-state index is -4.06. The van der Waals surface area contributed by atoms with Gasteiger partial charge in [0.2, 0.25) is 5.28 Å². The normalized spacial score (nSPS) is 20.7. The Balaban J connectivity index is 1.55. The molecular formula is C26H39ClN5O9P. The molecule has 3 heterocycles. The van der Waals surface area contributed by atoms with Crippen molar-refractivity contribution in [1.82, 2.24) is 19.7 Å². The number of aromatic nitrogens is 4. The smallest absolute Gasteiger partial charge is 0.416 e. The molecule has 1 saturated heterocycles. The molecule has 14 nitrogen and oxygen atoms in total. The van der Waals surface area contributed by atoms with Crippen LogP contribution in [0, 0.1) is 0 Å². The third-order valence-corrected chi connectivity index (χ3v) is 9.18. The highest BCUT2D eigenvalue weighted by molar-refractivity contribution is 7.55. The van der Waals surface area contributed by atoms with Crippen molar-refractivity contribution in [2.24, 2.45) is 0 Å². The molecule has 3 unspecified atom stereocenters. The van der Waals surface area contributed by atoms with Crippen LogP contribution < -0.4 is 4.90 Å². The molecule has 0 aromatic carbocycles. The van der Waals surface area contributed by atoms with Crippen LogP contribution in [0.4, 0.5) is 10.6 Å². The number of carboxylic acids is 1. The van der Waals surface area contributed by atoms with E-state index >= 15 is 0 Å². The summed E-state index contributed by atoms with van der Waals surface area (Å²) >= 11 is 6.38. The van der Waals surface area contributed by atoms with Gasteiger partial charge in [0, 0.05) is 6.04 Å². The average molecular weight is 632 g/mol. The number of halogens is 1. The van der Waals surface area contributed by atoms with Gasteiger partial charge in [-0.05, 0) is 71.9 Å². The zero-order valence-electron chi connectivity index (χ0n) is 24.5. The number of nitrogens with zero attached hydrogens (tertiary/aromatic N) is 5. The van der Waals surface area contributed by atoms with Crippen LogP contribution in [0.5, 0.6) is 0 Å². The molecule has 2 aliphatic rings. The van der Waals surface area contributed by atoms with Crippen LogP contribution in [0.1, 0.15) is 79.4 Å². The summed E-state index contributed by atoms with van der Waals surface area (Å²) in [6, 6.07) is -0.104. The van der Waals surface area contributed by atoms with Crippen molar-refractivity contribution in [1.29, 1.82) is 0 Å². The van der Waals surface area contributed by atoms with E-state index in [2.05, 4.69) is 15.1 Å². The molecule has 42 heavy (non-hydrogen) atoms.